The van der Waals surface area contributed by atoms with E-state index in [1.54, 1.807) is 0 Å². The molecule has 134 valence electrons. The third-order valence-corrected chi connectivity index (χ3v) is 5.46. The Hall–Kier alpha value is -1.51. The van der Waals surface area contributed by atoms with Crippen molar-refractivity contribution in [1.82, 2.24) is 10.2 Å². The molecule has 0 radical (unpaired) electrons. The predicted molar refractivity (Wildman–Crippen MR) is 87.9 cm³/mol. The molecule has 0 saturated carbocycles. The quantitative estimate of drug-likeness (QED) is 0.762. The molecule has 1 heterocycles. The zero-order valence-electron chi connectivity index (χ0n) is 13.9. The van der Waals surface area contributed by atoms with Gasteiger partial charge in [0, 0.05) is 19.6 Å². The summed E-state index contributed by atoms with van der Waals surface area (Å²) in [7, 11) is -3.54. The lowest BCUT2D eigenvalue weighted by molar-refractivity contribution is -0.125. The summed E-state index contributed by atoms with van der Waals surface area (Å²) in [6.45, 7) is 5.49. The average molecular weight is 358 g/mol. The van der Waals surface area contributed by atoms with Crippen LogP contribution in [0.4, 0.5) is 4.39 Å². The number of sulfone groups is 1. The summed E-state index contributed by atoms with van der Waals surface area (Å²) in [5, 5.41) is 2.62. The van der Waals surface area contributed by atoms with E-state index in [1.807, 2.05) is 18.7 Å². The summed E-state index contributed by atoms with van der Waals surface area (Å²) >= 11 is 0. The molecular weight excluding hydrogens is 335 g/mol. The third kappa shape index (κ3) is 5.54. The lowest BCUT2D eigenvalue weighted by Crippen LogP contribution is -2.49. The van der Waals surface area contributed by atoms with Gasteiger partial charge in [-0.3, -0.25) is 9.69 Å². The summed E-state index contributed by atoms with van der Waals surface area (Å²) < 4.78 is 42.6. The number of nitrogens with one attached hydrogen (secondary N) is 1. The Bertz CT molecular complexity index is 653. The number of hydrogen-bond donors (Lipinski definition) is 1. The molecule has 1 saturated heterocycles. The van der Waals surface area contributed by atoms with E-state index in [1.165, 1.54) is 12.1 Å². The van der Waals surface area contributed by atoms with Crippen molar-refractivity contribution in [3.63, 3.8) is 0 Å². The van der Waals surface area contributed by atoms with E-state index in [0.717, 1.165) is 12.1 Å². The zero-order valence-corrected chi connectivity index (χ0v) is 14.7. The lowest BCUT2D eigenvalue weighted by atomic mass is 10.2. The maximum absolute atomic E-state index is 12.8. The minimum absolute atomic E-state index is 0.0218. The molecule has 8 heteroatoms. The van der Waals surface area contributed by atoms with Crippen LogP contribution in [0.25, 0.3) is 0 Å². The normalized spacial score (nSPS) is 22.3. The number of rotatable bonds is 6. The molecule has 24 heavy (non-hydrogen) atoms. The second-order valence-corrected chi connectivity index (χ2v) is 8.18. The SMILES string of the molecule is C[C@@H]1CN(CC(=O)NCCS(=O)(=O)c2ccc(F)cc2)C[C@H](C)O1. The van der Waals surface area contributed by atoms with E-state index in [-0.39, 0.29) is 41.9 Å². The van der Waals surface area contributed by atoms with E-state index >= 15 is 0 Å². The molecule has 1 aromatic carbocycles. The van der Waals surface area contributed by atoms with Gasteiger partial charge in [0.15, 0.2) is 9.84 Å². The highest BCUT2D eigenvalue weighted by atomic mass is 32.2. The van der Waals surface area contributed by atoms with Gasteiger partial charge in [0.25, 0.3) is 0 Å². The highest BCUT2D eigenvalue weighted by Crippen LogP contribution is 2.12. The van der Waals surface area contributed by atoms with Crippen molar-refractivity contribution in [2.24, 2.45) is 0 Å². The number of morpholine rings is 1. The molecule has 1 aliphatic rings. The first-order valence-corrected chi connectivity index (χ1v) is 9.54. The van der Waals surface area contributed by atoms with Crippen LogP contribution in [0.5, 0.6) is 0 Å². The monoisotopic (exact) mass is 358 g/mol. The molecule has 1 fully saturated rings. The van der Waals surface area contributed by atoms with E-state index in [4.69, 9.17) is 4.74 Å². The first-order valence-electron chi connectivity index (χ1n) is 7.89. The first kappa shape index (κ1) is 18.8. The van der Waals surface area contributed by atoms with Gasteiger partial charge in [0.05, 0.1) is 29.4 Å². The van der Waals surface area contributed by atoms with Crippen LogP contribution in [0.2, 0.25) is 0 Å². The highest BCUT2D eigenvalue weighted by molar-refractivity contribution is 7.91. The van der Waals surface area contributed by atoms with E-state index in [9.17, 15) is 17.6 Å². The van der Waals surface area contributed by atoms with E-state index in [2.05, 4.69) is 5.32 Å². The molecule has 0 unspecified atom stereocenters. The molecule has 6 nitrogen and oxygen atoms in total. The van der Waals surface area contributed by atoms with Crippen LogP contribution in [-0.2, 0) is 19.4 Å². The minimum Gasteiger partial charge on any atom is -0.373 e. The Morgan fingerprint density at radius 2 is 1.83 bits per heavy atom. The molecule has 0 aliphatic carbocycles. The maximum atomic E-state index is 12.8. The van der Waals surface area contributed by atoms with Crippen molar-refractivity contribution in [3.05, 3.63) is 30.1 Å². The number of carbonyl (C=O) groups is 1. The van der Waals surface area contributed by atoms with Crippen molar-refractivity contribution in [1.29, 1.82) is 0 Å². The second kappa shape index (κ2) is 8.04. The average Bonchev–Trinajstić information content (AvgIpc) is 2.46. The number of hydrogen-bond acceptors (Lipinski definition) is 5. The molecule has 1 aromatic rings. The van der Waals surface area contributed by atoms with Gasteiger partial charge in [-0.1, -0.05) is 0 Å². The number of benzene rings is 1. The van der Waals surface area contributed by atoms with E-state index < -0.39 is 15.7 Å². The molecule has 0 aromatic heterocycles. The van der Waals surface area contributed by atoms with Gasteiger partial charge in [0.2, 0.25) is 5.91 Å². The number of nitrogens with zero attached hydrogens (tertiary/aromatic N) is 1. The molecular formula is C16H23FN2O4S. The van der Waals surface area contributed by atoms with Gasteiger partial charge in [-0.25, -0.2) is 12.8 Å². The van der Waals surface area contributed by atoms with Crippen LogP contribution >= 0.6 is 0 Å². The first-order chi connectivity index (χ1) is 11.3. The summed E-state index contributed by atoms with van der Waals surface area (Å²) in [6.07, 6.45) is 0.140. The minimum atomic E-state index is -3.54. The molecule has 1 N–H and O–H groups in total. The van der Waals surface area contributed by atoms with Crippen molar-refractivity contribution in [2.75, 3.05) is 31.9 Å². The van der Waals surface area contributed by atoms with Crippen LogP contribution in [0.3, 0.4) is 0 Å². The number of halogens is 1. The summed E-state index contributed by atoms with van der Waals surface area (Å²) in [4.78, 5) is 14.0. The van der Waals surface area contributed by atoms with Crippen molar-refractivity contribution >= 4 is 15.7 Å². The largest absolute Gasteiger partial charge is 0.373 e. The van der Waals surface area contributed by atoms with Crippen LogP contribution in [0, 0.1) is 5.82 Å². The zero-order chi connectivity index (χ0) is 17.7. The van der Waals surface area contributed by atoms with Crippen LogP contribution in [0.15, 0.2) is 29.2 Å². The predicted octanol–water partition coefficient (Wildman–Crippen LogP) is 0.825. The summed E-state index contributed by atoms with van der Waals surface area (Å²) in [5.74, 6) is -0.929. The maximum Gasteiger partial charge on any atom is 0.234 e. The fourth-order valence-corrected chi connectivity index (χ4v) is 3.91. The third-order valence-electron chi connectivity index (χ3n) is 3.73. The lowest BCUT2D eigenvalue weighted by Gasteiger charge is -2.34. The van der Waals surface area contributed by atoms with Gasteiger partial charge in [-0.05, 0) is 38.1 Å². The fourth-order valence-electron chi connectivity index (χ4n) is 2.76. The molecule has 1 aliphatic heterocycles. The molecule has 2 atom stereocenters. The standard InChI is InChI=1S/C16H23FN2O4S/c1-12-9-19(10-13(2)23-12)11-16(20)18-7-8-24(21,22)15-5-3-14(17)4-6-15/h3-6,12-13H,7-11H2,1-2H3,(H,18,20)/t12-,13+. The van der Waals surface area contributed by atoms with Crippen molar-refractivity contribution < 1.29 is 22.3 Å². The van der Waals surface area contributed by atoms with Gasteiger partial charge >= 0.3 is 0 Å². The summed E-state index contributed by atoms with van der Waals surface area (Å²) in [6, 6.07) is 4.66. The Morgan fingerprint density at radius 1 is 1.25 bits per heavy atom. The second-order valence-electron chi connectivity index (χ2n) is 6.07. The van der Waals surface area contributed by atoms with Crippen LogP contribution in [-0.4, -0.2) is 63.4 Å². The van der Waals surface area contributed by atoms with Gasteiger partial charge < -0.3 is 10.1 Å². The van der Waals surface area contributed by atoms with Gasteiger partial charge in [-0.15, -0.1) is 0 Å². The van der Waals surface area contributed by atoms with Gasteiger partial charge in [-0.2, -0.15) is 0 Å². The highest BCUT2D eigenvalue weighted by Gasteiger charge is 2.23. The van der Waals surface area contributed by atoms with Crippen LogP contribution < -0.4 is 5.32 Å². The molecule has 1 amide bonds. The Kier molecular flexibility index (Phi) is 6.31. The van der Waals surface area contributed by atoms with E-state index in [0.29, 0.717) is 13.1 Å². The Balaban J connectivity index is 1.78. The fraction of sp³-hybridized carbons (Fsp3) is 0.562. The van der Waals surface area contributed by atoms with Crippen LogP contribution in [0.1, 0.15) is 13.8 Å². The molecule has 2 rings (SSSR count). The molecule has 0 bridgehead atoms. The number of amides is 1. The number of ether oxygens (including phenoxy) is 1. The smallest absolute Gasteiger partial charge is 0.234 e. The Labute approximate surface area is 141 Å². The Morgan fingerprint density at radius 3 is 2.42 bits per heavy atom. The topological polar surface area (TPSA) is 75.7 Å². The van der Waals surface area contributed by atoms with Crippen molar-refractivity contribution in [3.8, 4) is 0 Å². The van der Waals surface area contributed by atoms with Crippen molar-refractivity contribution in [2.45, 2.75) is 31.0 Å². The molecule has 0 spiro atoms. The number of carbonyl (C=O) groups excluding carboxylic acids is 1. The van der Waals surface area contributed by atoms with Gasteiger partial charge in [0.1, 0.15) is 5.82 Å². The summed E-state index contributed by atoms with van der Waals surface area (Å²) in [5.41, 5.74) is 0.